The molecule has 1 aliphatic carbocycles. The number of rotatable bonds is 3. The summed E-state index contributed by atoms with van der Waals surface area (Å²) >= 11 is 6.03. The number of nitrogens with zero attached hydrogens (tertiary/aromatic N) is 2. The lowest BCUT2D eigenvalue weighted by Gasteiger charge is -2.38. The summed E-state index contributed by atoms with van der Waals surface area (Å²) in [6.45, 7) is 2.29. The third-order valence-electron chi connectivity index (χ3n) is 4.29. The van der Waals surface area contributed by atoms with E-state index in [0.717, 1.165) is 5.69 Å². The van der Waals surface area contributed by atoms with E-state index in [4.69, 9.17) is 22.5 Å². The number of benzene rings is 1. The van der Waals surface area contributed by atoms with Crippen LogP contribution in [0, 0.1) is 5.92 Å². The third kappa shape index (κ3) is 3.01. The largest absolute Gasteiger partial charge is 0.409 e. The van der Waals surface area contributed by atoms with E-state index < -0.39 is 0 Å². The van der Waals surface area contributed by atoms with Crippen molar-refractivity contribution in [2.45, 2.75) is 38.6 Å². The van der Waals surface area contributed by atoms with Gasteiger partial charge in [0.25, 0.3) is 0 Å². The van der Waals surface area contributed by atoms with Crippen LogP contribution in [0.2, 0.25) is 5.02 Å². The first-order valence-corrected chi connectivity index (χ1v) is 7.42. The van der Waals surface area contributed by atoms with Gasteiger partial charge < -0.3 is 15.8 Å². The van der Waals surface area contributed by atoms with Crippen LogP contribution in [0.25, 0.3) is 0 Å². The highest BCUT2D eigenvalue weighted by Gasteiger charge is 2.26. The lowest BCUT2D eigenvalue weighted by Crippen LogP contribution is -2.40. The van der Waals surface area contributed by atoms with Crippen LogP contribution >= 0.6 is 11.6 Å². The summed E-state index contributed by atoms with van der Waals surface area (Å²) in [5.74, 6) is 0.738. The number of amidine groups is 1. The van der Waals surface area contributed by atoms with E-state index in [1.165, 1.54) is 25.7 Å². The number of hydrogen-bond acceptors (Lipinski definition) is 3. The topological polar surface area (TPSA) is 61.8 Å². The molecule has 2 unspecified atom stereocenters. The maximum atomic E-state index is 8.95. The zero-order valence-electron chi connectivity index (χ0n) is 12.0. The lowest BCUT2D eigenvalue weighted by molar-refractivity contribution is 0.318. The van der Waals surface area contributed by atoms with Gasteiger partial charge in [-0.1, -0.05) is 36.5 Å². The average molecular weight is 296 g/mol. The van der Waals surface area contributed by atoms with Crippen LogP contribution in [-0.2, 0) is 0 Å². The highest BCUT2D eigenvalue weighted by atomic mass is 35.5. The van der Waals surface area contributed by atoms with Gasteiger partial charge in [-0.15, -0.1) is 0 Å². The van der Waals surface area contributed by atoms with Gasteiger partial charge in [-0.3, -0.25) is 0 Å². The van der Waals surface area contributed by atoms with Crippen molar-refractivity contribution in [3.63, 3.8) is 0 Å². The van der Waals surface area contributed by atoms with E-state index in [2.05, 4.69) is 24.0 Å². The summed E-state index contributed by atoms with van der Waals surface area (Å²) in [5, 5.41) is 12.6. The maximum absolute atomic E-state index is 8.95. The second kappa shape index (κ2) is 6.35. The molecule has 0 heterocycles. The Balaban J connectivity index is 2.36. The molecule has 4 nitrogen and oxygen atoms in total. The van der Waals surface area contributed by atoms with Crippen molar-refractivity contribution in [1.29, 1.82) is 0 Å². The molecular formula is C15H22ClN3O. The van der Waals surface area contributed by atoms with E-state index in [1.807, 2.05) is 12.1 Å². The standard InChI is InChI=1S/C15H22ClN3O/c1-10-5-3-4-6-13(10)19(2)14-8-7-11(16)9-12(14)15(17)18-20/h7-10,13,20H,3-6H2,1-2H3,(H2,17,18). The first kappa shape index (κ1) is 15.0. The van der Waals surface area contributed by atoms with Gasteiger partial charge in [-0.05, 0) is 37.0 Å². The second-order valence-electron chi connectivity index (χ2n) is 5.59. The molecule has 0 radical (unpaired) electrons. The summed E-state index contributed by atoms with van der Waals surface area (Å²) in [6.07, 6.45) is 4.99. The molecule has 1 saturated carbocycles. The zero-order chi connectivity index (χ0) is 14.7. The number of hydrogen-bond donors (Lipinski definition) is 2. The monoisotopic (exact) mass is 295 g/mol. The lowest BCUT2D eigenvalue weighted by atomic mass is 9.84. The van der Waals surface area contributed by atoms with E-state index >= 15 is 0 Å². The van der Waals surface area contributed by atoms with Gasteiger partial charge in [0.05, 0.1) is 0 Å². The van der Waals surface area contributed by atoms with E-state index in [-0.39, 0.29) is 5.84 Å². The first-order valence-electron chi connectivity index (χ1n) is 7.05. The summed E-state index contributed by atoms with van der Waals surface area (Å²) in [4.78, 5) is 2.24. The smallest absolute Gasteiger partial charge is 0.172 e. The van der Waals surface area contributed by atoms with Crippen molar-refractivity contribution in [1.82, 2.24) is 0 Å². The van der Waals surface area contributed by atoms with Crippen molar-refractivity contribution in [2.24, 2.45) is 16.8 Å². The third-order valence-corrected chi connectivity index (χ3v) is 4.52. The fourth-order valence-electron chi connectivity index (χ4n) is 3.13. The first-order chi connectivity index (χ1) is 9.54. The van der Waals surface area contributed by atoms with Gasteiger partial charge in [0, 0.05) is 29.4 Å². The molecule has 2 atom stereocenters. The van der Waals surface area contributed by atoms with Gasteiger partial charge in [0.1, 0.15) is 0 Å². The summed E-state index contributed by atoms with van der Waals surface area (Å²) in [7, 11) is 2.07. The van der Waals surface area contributed by atoms with Crippen molar-refractivity contribution >= 4 is 23.1 Å². The predicted molar refractivity (Wildman–Crippen MR) is 83.8 cm³/mol. The highest BCUT2D eigenvalue weighted by molar-refractivity contribution is 6.31. The van der Waals surface area contributed by atoms with Crippen LogP contribution < -0.4 is 10.6 Å². The Morgan fingerprint density at radius 3 is 2.75 bits per heavy atom. The molecular weight excluding hydrogens is 274 g/mol. The molecule has 1 aliphatic rings. The molecule has 1 aromatic carbocycles. The molecule has 0 spiro atoms. The van der Waals surface area contributed by atoms with E-state index in [0.29, 0.717) is 22.5 Å². The van der Waals surface area contributed by atoms with Gasteiger partial charge >= 0.3 is 0 Å². The van der Waals surface area contributed by atoms with Crippen LogP contribution in [0.1, 0.15) is 38.2 Å². The summed E-state index contributed by atoms with van der Waals surface area (Å²) < 4.78 is 0. The number of anilines is 1. The Labute approximate surface area is 125 Å². The molecule has 110 valence electrons. The minimum absolute atomic E-state index is 0.0952. The van der Waals surface area contributed by atoms with Crippen molar-refractivity contribution in [3.05, 3.63) is 28.8 Å². The Morgan fingerprint density at radius 2 is 2.10 bits per heavy atom. The Hall–Kier alpha value is -1.42. The SMILES string of the molecule is CC1CCCCC1N(C)c1ccc(Cl)cc1C(N)=NO. The molecule has 0 saturated heterocycles. The molecule has 20 heavy (non-hydrogen) atoms. The molecule has 0 amide bonds. The fraction of sp³-hybridized carbons (Fsp3) is 0.533. The zero-order valence-corrected chi connectivity index (χ0v) is 12.8. The van der Waals surface area contributed by atoms with E-state index in [9.17, 15) is 0 Å². The molecule has 5 heteroatoms. The molecule has 0 aliphatic heterocycles. The van der Waals surface area contributed by atoms with Crippen LogP contribution in [0.5, 0.6) is 0 Å². The number of halogens is 1. The second-order valence-corrected chi connectivity index (χ2v) is 6.02. The highest BCUT2D eigenvalue weighted by Crippen LogP contribution is 2.32. The molecule has 0 aromatic heterocycles. The predicted octanol–water partition coefficient (Wildman–Crippen LogP) is 3.45. The molecule has 1 fully saturated rings. The fourth-order valence-corrected chi connectivity index (χ4v) is 3.30. The molecule has 2 rings (SSSR count). The maximum Gasteiger partial charge on any atom is 0.172 e. The Bertz CT molecular complexity index is 504. The minimum Gasteiger partial charge on any atom is -0.409 e. The Morgan fingerprint density at radius 1 is 1.40 bits per heavy atom. The van der Waals surface area contributed by atoms with Crippen molar-refractivity contribution < 1.29 is 5.21 Å². The van der Waals surface area contributed by atoms with Crippen LogP contribution in [0.4, 0.5) is 5.69 Å². The van der Waals surface area contributed by atoms with Gasteiger partial charge in [-0.2, -0.15) is 0 Å². The minimum atomic E-state index is 0.0952. The number of nitrogens with two attached hydrogens (primary N) is 1. The normalized spacial score (nSPS) is 23.6. The quantitative estimate of drug-likeness (QED) is 0.388. The summed E-state index contributed by atoms with van der Waals surface area (Å²) in [5.41, 5.74) is 7.42. The average Bonchev–Trinajstić information content (AvgIpc) is 2.46. The van der Waals surface area contributed by atoms with Crippen molar-refractivity contribution in [3.8, 4) is 0 Å². The number of oxime groups is 1. The van der Waals surface area contributed by atoms with Crippen LogP contribution in [-0.4, -0.2) is 24.1 Å². The molecule has 0 bridgehead atoms. The summed E-state index contributed by atoms with van der Waals surface area (Å²) in [6, 6.07) is 6.01. The van der Waals surface area contributed by atoms with Crippen molar-refractivity contribution in [2.75, 3.05) is 11.9 Å². The van der Waals surface area contributed by atoms with Gasteiger partial charge in [-0.25, -0.2) is 0 Å². The Kier molecular flexibility index (Phi) is 4.76. The van der Waals surface area contributed by atoms with Gasteiger partial charge in [0.15, 0.2) is 5.84 Å². The van der Waals surface area contributed by atoms with Gasteiger partial charge in [0.2, 0.25) is 0 Å². The van der Waals surface area contributed by atoms with Crippen LogP contribution in [0.3, 0.4) is 0 Å². The van der Waals surface area contributed by atoms with E-state index in [1.54, 1.807) is 6.07 Å². The molecule has 3 N–H and O–H groups in total. The van der Waals surface area contributed by atoms with Crippen LogP contribution in [0.15, 0.2) is 23.4 Å². The molecule has 1 aromatic rings.